The number of carbonyl (C=O) groups excluding carboxylic acids is 1. The molecular formula is C9H10N2O3S. The van der Waals surface area contributed by atoms with Crippen molar-refractivity contribution < 1.29 is 14.7 Å². The fourth-order valence-corrected chi connectivity index (χ4v) is 2.81. The van der Waals surface area contributed by atoms with Crippen LogP contribution in [0.5, 0.6) is 0 Å². The number of nitrogens with one attached hydrogen (secondary N) is 1. The van der Waals surface area contributed by atoms with Gasteiger partial charge in [0, 0.05) is 17.5 Å². The van der Waals surface area contributed by atoms with Crippen LogP contribution in [0.3, 0.4) is 0 Å². The number of carboxylic acids is 1. The van der Waals surface area contributed by atoms with Crippen molar-refractivity contribution in [3.05, 3.63) is 22.4 Å². The number of allylic oxidation sites excluding steroid dienone is 2. The van der Waals surface area contributed by atoms with E-state index in [0.717, 1.165) is 17.5 Å². The molecule has 0 saturated carbocycles. The van der Waals surface area contributed by atoms with Crippen LogP contribution in [0.1, 0.15) is 13.8 Å². The molecule has 0 aromatic carbocycles. The molecule has 0 aliphatic carbocycles. The third-order valence-corrected chi connectivity index (χ3v) is 3.53. The van der Waals surface area contributed by atoms with Crippen molar-refractivity contribution in [2.24, 2.45) is 0 Å². The highest BCUT2D eigenvalue weighted by atomic mass is 32.2. The summed E-state index contributed by atoms with van der Waals surface area (Å²) in [5.74, 6) is -1.16. The zero-order valence-corrected chi connectivity index (χ0v) is 9.09. The van der Waals surface area contributed by atoms with E-state index in [0.29, 0.717) is 5.70 Å². The Kier molecular flexibility index (Phi) is 2.22. The van der Waals surface area contributed by atoms with Crippen LogP contribution in [0.4, 0.5) is 0 Å². The maximum absolute atomic E-state index is 11.6. The second-order valence-corrected chi connectivity index (χ2v) is 4.46. The fourth-order valence-electron chi connectivity index (χ4n) is 1.61. The van der Waals surface area contributed by atoms with Crippen LogP contribution < -0.4 is 5.32 Å². The van der Waals surface area contributed by atoms with E-state index in [1.807, 2.05) is 0 Å². The molecule has 15 heavy (non-hydrogen) atoms. The number of fused-ring (bicyclic) bond motifs is 1. The maximum Gasteiger partial charge on any atom is 0.344 e. The first-order valence-corrected chi connectivity index (χ1v) is 5.27. The molecule has 5 nitrogen and oxygen atoms in total. The van der Waals surface area contributed by atoms with Gasteiger partial charge in [-0.3, -0.25) is 9.69 Å². The van der Waals surface area contributed by atoms with Crippen molar-refractivity contribution >= 4 is 23.6 Å². The van der Waals surface area contributed by atoms with Crippen LogP contribution in [-0.2, 0) is 9.59 Å². The Morgan fingerprint density at radius 2 is 2.27 bits per heavy atom. The van der Waals surface area contributed by atoms with E-state index in [2.05, 4.69) is 5.32 Å². The zero-order chi connectivity index (χ0) is 11.2. The van der Waals surface area contributed by atoms with E-state index in [4.69, 9.17) is 5.11 Å². The number of amides is 1. The summed E-state index contributed by atoms with van der Waals surface area (Å²) in [6.45, 7) is 3.43. The van der Waals surface area contributed by atoms with Gasteiger partial charge in [0.05, 0.1) is 0 Å². The Bertz CT molecular complexity index is 414. The molecule has 1 atom stereocenters. The quantitative estimate of drug-likeness (QED) is 0.687. The van der Waals surface area contributed by atoms with Crippen LogP contribution in [0, 0.1) is 0 Å². The summed E-state index contributed by atoms with van der Waals surface area (Å²) >= 11 is 1.15. The first-order valence-electron chi connectivity index (χ1n) is 4.39. The molecule has 0 aromatic rings. The highest BCUT2D eigenvalue weighted by molar-refractivity contribution is 8.04. The van der Waals surface area contributed by atoms with Gasteiger partial charge in [0.25, 0.3) is 5.91 Å². The monoisotopic (exact) mass is 226 g/mol. The van der Waals surface area contributed by atoms with Crippen molar-refractivity contribution in [1.29, 1.82) is 0 Å². The molecule has 2 heterocycles. The molecule has 0 spiro atoms. The van der Waals surface area contributed by atoms with Crippen LogP contribution in [0.2, 0.25) is 0 Å². The lowest BCUT2D eigenvalue weighted by molar-refractivity contribution is -0.131. The minimum absolute atomic E-state index is 0.169. The molecule has 6 heteroatoms. The molecule has 2 N–H and O–H groups in total. The number of hydrogen-bond donors (Lipinski definition) is 2. The van der Waals surface area contributed by atoms with E-state index in [1.165, 1.54) is 11.0 Å². The predicted octanol–water partition coefficient (Wildman–Crippen LogP) is 0.669. The molecule has 0 radical (unpaired) electrons. The molecular weight excluding hydrogens is 216 g/mol. The number of thioether (sulfide) groups is 1. The number of aliphatic carboxylic acids is 1. The predicted molar refractivity (Wildman–Crippen MR) is 55.5 cm³/mol. The van der Waals surface area contributed by atoms with Crippen molar-refractivity contribution in [2.45, 2.75) is 19.3 Å². The summed E-state index contributed by atoms with van der Waals surface area (Å²) in [5, 5.41) is 12.0. The Hall–Kier alpha value is -1.43. The first kappa shape index (κ1) is 10.1. The molecule has 80 valence electrons. The van der Waals surface area contributed by atoms with E-state index < -0.39 is 5.97 Å². The van der Waals surface area contributed by atoms with Gasteiger partial charge >= 0.3 is 5.97 Å². The van der Waals surface area contributed by atoms with Crippen LogP contribution >= 0.6 is 11.8 Å². The van der Waals surface area contributed by atoms with Gasteiger partial charge < -0.3 is 10.4 Å². The molecule has 0 bridgehead atoms. The lowest BCUT2D eigenvalue weighted by atomic mass is 10.3. The van der Waals surface area contributed by atoms with E-state index in [9.17, 15) is 9.59 Å². The van der Waals surface area contributed by atoms with Gasteiger partial charge in [0.15, 0.2) is 5.50 Å². The third-order valence-electron chi connectivity index (χ3n) is 2.28. The van der Waals surface area contributed by atoms with Gasteiger partial charge in [-0.05, 0) is 13.8 Å². The molecule has 1 unspecified atom stereocenters. The van der Waals surface area contributed by atoms with E-state index in [1.54, 1.807) is 13.8 Å². The van der Waals surface area contributed by atoms with Crippen molar-refractivity contribution in [1.82, 2.24) is 10.2 Å². The molecule has 0 saturated heterocycles. The van der Waals surface area contributed by atoms with Gasteiger partial charge in [0.2, 0.25) is 0 Å². The van der Waals surface area contributed by atoms with Crippen LogP contribution in [0.25, 0.3) is 0 Å². The summed E-state index contributed by atoms with van der Waals surface area (Å²) in [7, 11) is 0. The number of hydrogen-bond acceptors (Lipinski definition) is 4. The summed E-state index contributed by atoms with van der Waals surface area (Å²) < 4.78 is 0. The highest BCUT2D eigenvalue weighted by Gasteiger charge is 2.38. The summed E-state index contributed by atoms with van der Waals surface area (Å²) in [4.78, 5) is 24.2. The molecule has 1 amide bonds. The number of nitrogens with zero attached hydrogens (tertiary/aromatic N) is 1. The molecule has 0 fully saturated rings. The second-order valence-electron chi connectivity index (χ2n) is 3.37. The maximum atomic E-state index is 11.6. The normalized spacial score (nSPS) is 24.9. The minimum atomic E-state index is -0.987. The van der Waals surface area contributed by atoms with Gasteiger partial charge in [0.1, 0.15) is 4.91 Å². The number of carbonyl (C=O) groups is 2. The fraction of sp³-hybridized carbons (Fsp3) is 0.333. The molecule has 0 aromatic heterocycles. The van der Waals surface area contributed by atoms with Gasteiger partial charge in [-0.1, -0.05) is 11.8 Å². The van der Waals surface area contributed by atoms with Crippen molar-refractivity contribution in [3.8, 4) is 0 Å². The highest BCUT2D eigenvalue weighted by Crippen LogP contribution is 2.38. The van der Waals surface area contributed by atoms with Gasteiger partial charge in [-0.15, -0.1) is 0 Å². The zero-order valence-electron chi connectivity index (χ0n) is 8.27. The SMILES string of the molecule is CC1=CC(=O)N2C(C)=C(C(=O)O)SC2N1. The Balaban J connectivity index is 2.36. The second kappa shape index (κ2) is 3.30. The standard InChI is InChI=1S/C9H10N2O3S/c1-4-3-6(12)11-5(2)7(8(13)14)15-9(11)10-4/h3,9-10H,1-2H3,(H,13,14). The van der Waals surface area contributed by atoms with Crippen LogP contribution in [0.15, 0.2) is 22.4 Å². The molecule has 2 aliphatic heterocycles. The Morgan fingerprint density at radius 1 is 1.60 bits per heavy atom. The van der Waals surface area contributed by atoms with E-state index in [-0.39, 0.29) is 16.3 Å². The summed E-state index contributed by atoms with van der Waals surface area (Å²) in [6.07, 6.45) is 1.46. The lowest BCUT2D eigenvalue weighted by Gasteiger charge is -2.30. The summed E-state index contributed by atoms with van der Waals surface area (Å²) in [5.41, 5.74) is 0.945. The van der Waals surface area contributed by atoms with Gasteiger partial charge in [-0.2, -0.15) is 0 Å². The first-order chi connectivity index (χ1) is 7.00. The number of carboxylic acid groups (broad SMARTS) is 1. The van der Waals surface area contributed by atoms with Gasteiger partial charge in [-0.25, -0.2) is 4.79 Å². The average Bonchev–Trinajstić information content (AvgIpc) is 2.42. The smallest absolute Gasteiger partial charge is 0.344 e. The van der Waals surface area contributed by atoms with Crippen LogP contribution in [-0.4, -0.2) is 27.4 Å². The molecule has 2 rings (SSSR count). The third kappa shape index (κ3) is 1.50. The Labute approximate surface area is 90.8 Å². The lowest BCUT2D eigenvalue weighted by Crippen LogP contribution is -2.45. The largest absolute Gasteiger partial charge is 0.477 e. The topological polar surface area (TPSA) is 69.6 Å². The average molecular weight is 226 g/mol. The summed E-state index contributed by atoms with van der Waals surface area (Å²) in [6, 6.07) is 0. The number of rotatable bonds is 1. The Morgan fingerprint density at radius 3 is 2.87 bits per heavy atom. The molecule has 2 aliphatic rings. The van der Waals surface area contributed by atoms with E-state index >= 15 is 0 Å². The minimum Gasteiger partial charge on any atom is -0.477 e. The van der Waals surface area contributed by atoms with Crippen molar-refractivity contribution in [3.63, 3.8) is 0 Å². The van der Waals surface area contributed by atoms with Crippen molar-refractivity contribution in [2.75, 3.05) is 0 Å².